The number of rotatable bonds is 7. The lowest BCUT2D eigenvalue weighted by Crippen LogP contribution is -2.46. The van der Waals surface area contributed by atoms with Crippen LogP contribution in [0.2, 0.25) is 0 Å². The number of nitrogens with one attached hydrogen (secondary N) is 1. The highest BCUT2D eigenvalue weighted by atomic mass is 15.2. The summed E-state index contributed by atoms with van der Waals surface area (Å²) < 4.78 is 0. The smallest absolute Gasteiger partial charge is 0.0223 e. The first-order valence-electron chi connectivity index (χ1n) is 8.45. The lowest BCUT2D eigenvalue weighted by Gasteiger charge is -2.40. The van der Waals surface area contributed by atoms with Crippen molar-refractivity contribution < 1.29 is 0 Å². The molecule has 0 saturated heterocycles. The van der Waals surface area contributed by atoms with E-state index >= 15 is 0 Å². The van der Waals surface area contributed by atoms with Crippen molar-refractivity contribution in [3.63, 3.8) is 0 Å². The van der Waals surface area contributed by atoms with Crippen molar-refractivity contribution in [2.45, 2.75) is 77.8 Å². The largest absolute Gasteiger partial charge is 0.312 e. The van der Waals surface area contributed by atoms with Crippen LogP contribution >= 0.6 is 0 Å². The number of hydrogen-bond donors (Lipinski definition) is 1. The maximum Gasteiger partial charge on any atom is 0.0223 e. The van der Waals surface area contributed by atoms with E-state index in [1.807, 2.05) is 0 Å². The van der Waals surface area contributed by atoms with Gasteiger partial charge in [-0.15, -0.1) is 0 Å². The van der Waals surface area contributed by atoms with Crippen LogP contribution in [0.5, 0.6) is 0 Å². The molecule has 0 bridgehead atoms. The molecule has 0 aliphatic heterocycles. The molecule has 2 rings (SSSR count). The first-order chi connectivity index (χ1) is 9.02. The maximum atomic E-state index is 3.78. The maximum absolute atomic E-state index is 3.78. The van der Waals surface area contributed by atoms with Gasteiger partial charge in [-0.05, 0) is 69.9 Å². The van der Waals surface area contributed by atoms with E-state index in [0.717, 1.165) is 18.0 Å². The predicted molar refractivity (Wildman–Crippen MR) is 83.5 cm³/mol. The minimum absolute atomic E-state index is 0.591. The summed E-state index contributed by atoms with van der Waals surface area (Å²) in [7, 11) is 2.35. The molecule has 112 valence electrons. The lowest BCUT2D eigenvalue weighted by molar-refractivity contribution is 0.116. The molecule has 2 saturated carbocycles. The Morgan fingerprint density at radius 3 is 2.32 bits per heavy atom. The average molecular weight is 266 g/mol. The SMILES string of the molecule is CCCNC(CN(C)C1CCC(C)(C)CC1)C1CC1. The van der Waals surface area contributed by atoms with Gasteiger partial charge in [0.05, 0.1) is 0 Å². The molecule has 1 atom stereocenters. The molecule has 2 nitrogen and oxygen atoms in total. The fraction of sp³-hybridized carbons (Fsp3) is 1.00. The molecule has 2 heteroatoms. The Labute approximate surface area is 120 Å². The predicted octanol–water partition coefficient (Wildman–Crippen LogP) is 3.67. The summed E-state index contributed by atoms with van der Waals surface area (Å²) in [4.78, 5) is 2.65. The molecular weight excluding hydrogens is 232 g/mol. The zero-order valence-corrected chi connectivity index (χ0v) is 13.5. The Morgan fingerprint density at radius 2 is 1.79 bits per heavy atom. The van der Waals surface area contributed by atoms with Crippen molar-refractivity contribution in [2.24, 2.45) is 11.3 Å². The van der Waals surface area contributed by atoms with Gasteiger partial charge in [-0.3, -0.25) is 0 Å². The summed E-state index contributed by atoms with van der Waals surface area (Å²) in [5.41, 5.74) is 0.591. The van der Waals surface area contributed by atoms with Gasteiger partial charge in [-0.1, -0.05) is 20.8 Å². The fourth-order valence-corrected chi connectivity index (χ4v) is 3.49. The minimum Gasteiger partial charge on any atom is -0.312 e. The third-order valence-corrected chi connectivity index (χ3v) is 5.26. The van der Waals surface area contributed by atoms with Crippen LogP contribution in [0.25, 0.3) is 0 Å². The van der Waals surface area contributed by atoms with Crippen molar-refractivity contribution in [3.05, 3.63) is 0 Å². The Hall–Kier alpha value is -0.0800. The second-order valence-corrected chi connectivity index (χ2v) is 7.73. The molecule has 0 amide bonds. The third kappa shape index (κ3) is 4.75. The van der Waals surface area contributed by atoms with E-state index in [4.69, 9.17) is 0 Å². The van der Waals surface area contributed by atoms with Crippen molar-refractivity contribution in [3.8, 4) is 0 Å². The van der Waals surface area contributed by atoms with E-state index < -0.39 is 0 Å². The quantitative estimate of drug-likeness (QED) is 0.756. The van der Waals surface area contributed by atoms with Gasteiger partial charge in [0.2, 0.25) is 0 Å². The summed E-state index contributed by atoms with van der Waals surface area (Å²) in [5.74, 6) is 0.967. The first-order valence-corrected chi connectivity index (χ1v) is 8.45. The van der Waals surface area contributed by atoms with Crippen molar-refractivity contribution >= 4 is 0 Å². The van der Waals surface area contributed by atoms with Crippen LogP contribution < -0.4 is 5.32 Å². The molecule has 1 unspecified atom stereocenters. The van der Waals surface area contributed by atoms with Gasteiger partial charge in [0.15, 0.2) is 0 Å². The lowest BCUT2D eigenvalue weighted by atomic mass is 9.75. The Kier molecular flexibility index (Phi) is 5.30. The molecule has 2 aliphatic carbocycles. The number of nitrogens with zero attached hydrogens (tertiary/aromatic N) is 1. The average Bonchev–Trinajstić information content (AvgIpc) is 3.18. The Morgan fingerprint density at radius 1 is 1.16 bits per heavy atom. The number of likely N-dealkylation sites (N-methyl/N-ethyl adjacent to an activating group) is 1. The van der Waals surface area contributed by atoms with E-state index in [0.29, 0.717) is 5.41 Å². The van der Waals surface area contributed by atoms with E-state index in [9.17, 15) is 0 Å². The van der Waals surface area contributed by atoms with Gasteiger partial charge < -0.3 is 10.2 Å². The van der Waals surface area contributed by atoms with Gasteiger partial charge in [-0.25, -0.2) is 0 Å². The molecule has 0 spiro atoms. The van der Waals surface area contributed by atoms with Crippen molar-refractivity contribution in [1.29, 1.82) is 0 Å². The third-order valence-electron chi connectivity index (χ3n) is 5.26. The van der Waals surface area contributed by atoms with Gasteiger partial charge in [0.1, 0.15) is 0 Å². The van der Waals surface area contributed by atoms with Gasteiger partial charge in [-0.2, -0.15) is 0 Å². The summed E-state index contributed by atoms with van der Waals surface area (Å²) in [6.45, 7) is 9.57. The molecule has 19 heavy (non-hydrogen) atoms. The van der Waals surface area contributed by atoms with E-state index in [1.165, 1.54) is 58.0 Å². The van der Waals surface area contributed by atoms with Crippen LogP contribution in [-0.4, -0.2) is 37.1 Å². The van der Waals surface area contributed by atoms with Crippen molar-refractivity contribution in [2.75, 3.05) is 20.1 Å². The fourth-order valence-electron chi connectivity index (χ4n) is 3.49. The van der Waals surface area contributed by atoms with E-state index in [-0.39, 0.29) is 0 Å². The van der Waals surface area contributed by atoms with Crippen molar-refractivity contribution in [1.82, 2.24) is 10.2 Å². The summed E-state index contributed by atoms with van der Waals surface area (Å²) in [5, 5.41) is 3.78. The molecule has 0 aromatic heterocycles. The molecule has 0 aromatic carbocycles. The molecule has 2 fully saturated rings. The Balaban J connectivity index is 1.77. The second kappa shape index (κ2) is 6.58. The van der Waals surface area contributed by atoms with Crippen LogP contribution in [0, 0.1) is 11.3 Å². The zero-order chi connectivity index (χ0) is 13.9. The molecule has 0 heterocycles. The van der Waals surface area contributed by atoms with Gasteiger partial charge >= 0.3 is 0 Å². The van der Waals surface area contributed by atoms with Crippen LogP contribution in [0.15, 0.2) is 0 Å². The standard InChI is InChI=1S/C17H34N2/c1-5-12-18-16(14-6-7-14)13-19(4)15-8-10-17(2,3)11-9-15/h14-16,18H,5-13H2,1-4H3. The number of hydrogen-bond acceptors (Lipinski definition) is 2. The molecular formula is C17H34N2. The van der Waals surface area contributed by atoms with Crippen LogP contribution in [0.3, 0.4) is 0 Å². The van der Waals surface area contributed by atoms with Crippen LogP contribution in [0.1, 0.15) is 65.7 Å². The topological polar surface area (TPSA) is 15.3 Å². The summed E-state index contributed by atoms with van der Waals surface area (Å²) in [6, 6.07) is 1.58. The highest BCUT2D eigenvalue weighted by molar-refractivity contribution is 4.90. The zero-order valence-electron chi connectivity index (χ0n) is 13.5. The van der Waals surface area contributed by atoms with E-state index in [1.54, 1.807) is 0 Å². The summed E-state index contributed by atoms with van der Waals surface area (Å²) >= 11 is 0. The normalized spacial score (nSPS) is 25.7. The van der Waals surface area contributed by atoms with Crippen LogP contribution in [-0.2, 0) is 0 Å². The molecule has 0 radical (unpaired) electrons. The monoisotopic (exact) mass is 266 g/mol. The highest BCUT2D eigenvalue weighted by Crippen LogP contribution is 2.37. The van der Waals surface area contributed by atoms with E-state index in [2.05, 4.69) is 38.0 Å². The summed E-state index contributed by atoms with van der Waals surface area (Å²) in [6.07, 6.45) is 9.75. The minimum atomic E-state index is 0.591. The first kappa shape index (κ1) is 15.3. The van der Waals surface area contributed by atoms with Crippen LogP contribution in [0.4, 0.5) is 0 Å². The molecule has 1 N–H and O–H groups in total. The van der Waals surface area contributed by atoms with Gasteiger partial charge in [0.25, 0.3) is 0 Å². The second-order valence-electron chi connectivity index (χ2n) is 7.73. The van der Waals surface area contributed by atoms with Gasteiger partial charge in [0, 0.05) is 18.6 Å². The Bertz CT molecular complexity index is 260. The highest BCUT2D eigenvalue weighted by Gasteiger charge is 2.34. The molecule has 0 aromatic rings. The molecule has 2 aliphatic rings.